The minimum Gasteiger partial charge on any atom is -0.406 e. The van der Waals surface area contributed by atoms with E-state index in [0.29, 0.717) is 29.9 Å². The number of amides is 1. The number of aromatic nitrogens is 2. The number of ether oxygens (including phenoxy) is 1. The van der Waals surface area contributed by atoms with E-state index in [0.717, 1.165) is 0 Å². The summed E-state index contributed by atoms with van der Waals surface area (Å²) in [6.07, 6.45) is 0.351. The lowest BCUT2D eigenvalue weighted by Gasteiger charge is -2.18. The molecule has 0 bridgehead atoms. The molecule has 1 aromatic heterocycles. The number of carbonyl (C=O) groups is 1. The predicted octanol–water partition coefficient (Wildman–Crippen LogP) is 3.81. The zero-order chi connectivity index (χ0) is 22.0. The summed E-state index contributed by atoms with van der Waals surface area (Å²) in [6, 6.07) is 9.54. The highest BCUT2D eigenvalue weighted by molar-refractivity contribution is 5.99. The Morgan fingerprint density at radius 2 is 2.03 bits per heavy atom. The molecule has 1 N–H and O–H groups in total. The van der Waals surface area contributed by atoms with Crippen LogP contribution in [-0.2, 0) is 11.3 Å². The van der Waals surface area contributed by atoms with Crippen molar-refractivity contribution in [3.8, 4) is 11.4 Å². The lowest BCUT2D eigenvalue weighted by atomic mass is 10.1. The number of hydrogen-bond donors (Lipinski definition) is 1. The quantitative estimate of drug-likeness (QED) is 0.600. The maximum absolute atomic E-state index is 14.4. The van der Waals surface area contributed by atoms with E-state index in [9.17, 15) is 22.4 Å². The fourth-order valence-electron chi connectivity index (χ4n) is 3.49. The molecule has 1 saturated heterocycles. The number of benzene rings is 2. The Hall–Kier alpha value is -3.40. The number of alkyl halides is 3. The molecule has 1 aliphatic rings. The molecule has 0 aliphatic carbocycles. The molecule has 31 heavy (non-hydrogen) atoms. The van der Waals surface area contributed by atoms with Gasteiger partial charge in [0.15, 0.2) is 0 Å². The number of nitrogens with one attached hydrogen (secondary N) is 1. The lowest BCUT2D eigenvalue weighted by molar-refractivity contribution is -0.274. The van der Waals surface area contributed by atoms with Crippen molar-refractivity contribution >= 4 is 11.6 Å². The Morgan fingerprint density at radius 1 is 1.19 bits per heavy atom. The molecule has 1 atom stereocenters. The van der Waals surface area contributed by atoms with Gasteiger partial charge in [-0.2, -0.15) is 0 Å². The van der Waals surface area contributed by atoms with Crippen molar-refractivity contribution in [1.82, 2.24) is 14.9 Å². The Labute approximate surface area is 175 Å². The first-order valence-electron chi connectivity index (χ1n) is 9.47. The van der Waals surface area contributed by atoms with Gasteiger partial charge in [-0.15, -0.1) is 13.2 Å². The van der Waals surface area contributed by atoms with Crippen LogP contribution in [0, 0.1) is 5.82 Å². The molecule has 1 fully saturated rings. The summed E-state index contributed by atoms with van der Waals surface area (Å²) in [5.41, 5.74) is 1.35. The van der Waals surface area contributed by atoms with Crippen LogP contribution in [0.2, 0.25) is 0 Å². The largest absolute Gasteiger partial charge is 0.573 e. The van der Waals surface area contributed by atoms with E-state index in [-0.39, 0.29) is 18.2 Å². The van der Waals surface area contributed by atoms with Gasteiger partial charge in [0.1, 0.15) is 11.6 Å². The van der Waals surface area contributed by atoms with E-state index in [1.165, 1.54) is 35.5 Å². The molecule has 10 heteroatoms. The van der Waals surface area contributed by atoms with E-state index in [1.54, 1.807) is 35.2 Å². The van der Waals surface area contributed by atoms with Crippen molar-refractivity contribution in [2.75, 3.05) is 11.4 Å². The molecule has 0 radical (unpaired) electrons. The second-order valence-electron chi connectivity index (χ2n) is 7.01. The van der Waals surface area contributed by atoms with Crippen LogP contribution in [0.3, 0.4) is 0 Å². The SMILES string of the molecule is O=C1C(NCc2ccc(-n3ccnc3)c(F)c2)CCN1c1cccc(OC(F)(F)F)c1. The third kappa shape index (κ3) is 4.85. The van der Waals surface area contributed by atoms with Crippen LogP contribution in [0.1, 0.15) is 12.0 Å². The highest BCUT2D eigenvalue weighted by Gasteiger charge is 2.34. The Balaban J connectivity index is 1.39. The van der Waals surface area contributed by atoms with Crippen LogP contribution < -0.4 is 15.0 Å². The van der Waals surface area contributed by atoms with Gasteiger partial charge in [-0.1, -0.05) is 12.1 Å². The number of rotatable bonds is 6. The van der Waals surface area contributed by atoms with Gasteiger partial charge in [-0.25, -0.2) is 9.37 Å². The normalized spacial score (nSPS) is 16.7. The summed E-state index contributed by atoms with van der Waals surface area (Å²) in [4.78, 5) is 18.0. The third-order valence-electron chi connectivity index (χ3n) is 4.92. The molecule has 162 valence electrons. The van der Waals surface area contributed by atoms with Crippen LogP contribution in [0.4, 0.5) is 23.2 Å². The van der Waals surface area contributed by atoms with E-state index in [1.807, 2.05) is 0 Å². The second kappa shape index (κ2) is 8.38. The standard InChI is InChI=1S/C21H18F4N4O2/c22-17-10-14(4-5-19(17)28-9-7-26-13-28)12-27-18-6-8-29(20(18)30)15-2-1-3-16(11-15)31-21(23,24)25/h1-5,7,9-11,13,18,27H,6,8,12H2. The van der Waals surface area contributed by atoms with Crippen molar-refractivity contribution in [3.05, 3.63) is 72.6 Å². The monoisotopic (exact) mass is 434 g/mol. The maximum Gasteiger partial charge on any atom is 0.573 e. The van der Waals surface area contributed by atoms with E-state index < -0.39 is 18.2 Å². The summed E-state index contributed by atoms with van der Waals surface area (Å²) in [5.74, 6) is -1.07. The lowest BCUT2D eigenvalue weighted by Crippen LogP contribution is -2.38. The fourth-order valence-corrected chi connectivity index (χ4v) is 3.49. The highest BCUT2D eigenvalue weighted by Crippen LogP contribution is 2.29. The van der Waals surface area contributed by atoms with Crippen LogP contribution in [-0.4, -0.2) is 34.4 Å². The Bertz CT molecular complexity index is 1070. The van der Waals surface area contributed by atoms with Gasteiger partial charge in [0.25, 0.3) is 0 Å². The number of halogens is 4. The maximum atomic E-state index is 14.4. The molecule has 2 aromatic carbocycles. The summed E-state index contributed by atoms with van der Waals surface area (Å²) in [6.45, 7) is 0.614. The first-order chi connectivity index (χ1) is 14.8. The van der Waals surface area contributed by atoms with E-state index >= 15 is 0 Å². The van der Waals surface area contributed by atoms with E-state index in [2.05, 4.69) is 15.0 Å². The first-order valence-corrected chi connectivity index (χ1v) is 9.47. The zero-order valence-electron chi connectivity index (χ0n) is 16.1. The second-order valence-corrected chi connectivity index (χ2v) is 7.01. The Morgan fingerprint density at radius 3 is 2.74 bits per heavy atom. The third-order valence-corrected chi connectivity index (χ3v) is 4.92. The number of anilines is 1. The molecule has 2 heterocycles. The molecule has 3 aromatic rings. The predicted molar refractivity (Wildman–Crippen MR) is 104 cm³/mol. The number of carbonyl (C=O) groups excluding carboxylic acids is 1. The van der Waals surface area contributed by atoms with Gasteiger partial charge in [0.2, 0.25) is 5.91 Å². The minimum atomic E-state index is -4.81. The van der Waals surface area contributed by atoms with Crippen LogP contribution in [0.5, 0.6) is 5.75 Å². The number of nitrogens with zero attached hydrogens (tertiary/aromatic N) is 3. The van der Waals surface area contributed by atoms with Crippen molar-refractivity contribution < 1.29 is 27.1 Å². The Kier molecular flexibility index (Phi) is 5.64. The van der Waals surface area contributed by atoms with Crippen LogP contribution in [0.25, 0.3) is 5.69 Å². The molecule has 4 rings (SSSR count). The summed E-state index contributed by atoms with van der Waals surface area (Å²) < 4.78 is 57.2. The van der Waals surface area contributed by atoms with Crippen molar-refractivity contribution in [2.45, 2.75) is 25.4 Å². The number of hydrogen-bond acceptors (Lipinski definition) is 4. The summed E-state index contributed by atoms with van der Waals surface area (Å²) >= 11 is 0. The van der Waals surface area contributed by atoms with Gasteiger partial charge < -0.3 is 19.5 Å². The molecular weight excluding hydrogens is 416 g/mol. The average Bonchev–Trinajstić information content (AvgIpc) is 3.35. The molecule has 0 saturated carbocycles. The molecule has 6 nitrogen and oxygen atoms in total. The molecule has 1 unspecified atom stereocenters. The van der Waals surface area contributed by atoms with Crippen molar-refractivity contribution in [3.63, 3.8) is 0 Å². The van der Waals surface area contributed by atoms with Crippen LogP contribution >= 0.6 is 0 Å². The molecule has 0 spiro atoms. The fraction of sp³-hybridized carbons (Fsp3) is 0.238. The van der Waals surface area contributed by atoms with Gasteiger partial charge in [0, 0.05) is 37.2 Å². The van der Waals surface area contributed by atoms with Gasteiger partial charge in [0.05, 0.1) is 18.1 Å². The summed E-state index contributed by atoms with van der Waals surface area (Å²) in [5, 5.41) is 3.09. The molecule has 1 amide bonds. The van der Waals surface area contributed by atoms with Gasteiger partial charge >= 0.3 is 6.36 Å². The zero-order valence-corrected chi connectivity index (χ0v) is 16.1. The van der Waals surface area contributed by atoms with Crippen molar-refractivity contribution in [2.24, 2.45) is 0 Å². The summed E-state index contributed by atoms with van der Waals surface area (Å²) in [7, 11) is 0. The number of imidazole rings is 1. The highest BCUT2D eigenvalue weighted by atomic mass is 19.4. The average molecular weight is 434 g/mol. The van der Waals surface area contributed by atoms with E-state index in [4.69, 9.17) is 0 Å². The van der Waals surface area contributed by atoms with Crippen LogP contribution in [0.15, 0.2) is 61.2 Å². The minimum absolute atomic E-state index is 0.264. The van der Waals surface area contributed by atoms with Gasteiger partial charge in [-0.05, 0) is 36.2 Å². The van der Waals surface area contributed by atoms with Crippen molar-refractivity contribution in [1.29, 1.82) is 0 Å². The topological polar surface area (TPSA) is 59.4 Å². The smallest absolute Gasteiger partial charge is 0.406 e. The molecular formula is C21H18F4N4O2. The first kappa shape index (κ1) is 20.9. The molecule has 1 aliphatic heterocycles. The van der Waals surface area contributed by atoms with Gasteiger partial charge in [-0.3, -0.25) is 4.79 Å².